The summed E-state index contributed by atoms with van der Waals surface area (Å²) in [6, 6.07) is 13.8. The van der Waals surface area contributed by atoms with Crippen LogP contribution in [0.3, 0.4) is 0 Å². The van der Waals surface area contributed by atoms with Crippen LogP contribution in [0.2, 0.25) is 0 Å². The third kappa shape index (κ3) is 4.37. The van der Waals surface area contributed by atoms with Crippen LogP contribution in [0.4, 0.5) is 0 Å². The van der Waals surface area contributed by atoms with Crippen LogP contribution in [-0.4, -0.2) is 19.1 Å². The summed E-state index contributed by atoms with van der Waals surface area (Å²) in [7, 11) is 1.64. The molecule has 0 heterocycles. The van der Waals surface area contributed by atoms with Gasteiger partial charge in [-0.15, -0.1) is 0 Å². The highest BCUT2D eigenvalue weighted by molar-refractivity contribution is 5.81. The second-order valence-electron chi connectivity index (χ2n) is 6.90. The van der Waals surface area contributed by atoms with Crippen LogP contribution in [0.15, 0.2) is 42.5 Å². The first-order chi connectivity index (χ1) is 12.6. The number of hydrogen-bond donors (Lipinski definition) is 1. The van der Waals surface area contributed by atoms with Gasteiger partial charge in [-0.3, -0.25) is 4.79 Å². The Kier molecular flexibility index (Phi) is 5.82. The molecule has 3 rings (SSSR count). The van der Waals surface area contributed by atoms with E-state index < -0.39 is 6.10 Å². The molecule has 0 saturated heterocycles. The van der Waals surface area contributed by atoms with Gasteiger partial charge in [0.25, 0.3) is 5.91 Å². The molecular formula is C22H27NO3. The van der Waals surface area contributed by atoms with Crippen LogP contribution < -0.4 is 14.8 Å². The molecule has 2 aromatic rings. The molecule has 1 N–H and O–H groups in total. The topological polar surface area (TPSA) is 47.6 Å². The molecule has 0 bridgehead atoms. The Balaban J connectivity index is 1.58. The maximum absolute atomic E-state index is 12.5. The lowest BCUT2D eigenvalue weighted by Crippen LogP contribution is -2.37. The average Bonchev–Trinajstić information content (AvgIpc) is 2.67. The van der Waals surface area contributed by atoms with Crippen molar-refractivity contribution < 1.29 is 14.3 Å². The zero-order chi connectivity index (χ0) is 18.5. The molecule has 0 aliphatic heterocycles. The van der Waals surface area contributed by atoms with Gasteiger partial charge in [0.05, 0.1) is 13.2 Å². The van der Waals surface area contributed by atoms with Crippen molar-refractivity contribution in [3.63, 3.8) is 0 Å². The van der Waals surface area contributed by atoms with E-state index >= 15 is 0 Å². The van der Waals surface area contributed by atoms with Crippen molar-refractivity contribution in [1.82, 2.24) is 5.32 Å². The Morgan fingerprint density at radius 3 is 2.31 bits per heavy atom. The third-order valence-electron chi connectivity index (χ3n) is 4.98. The number of amides is 1. The number of ether oxygens (including phenoxy) is 2. The van der Waals surface area contributed by atoms with E-state index in [9.17, 15) is 4.79 Å². The molecular weight excluding hydrogens is 326 g/mol. The van der Waals surface area contributed by atoms with E-state index in [1.807, 2.05) is 37.3 Å². The fraction of sp³-hybridized carbons (Fsp3) is 0.409. The minimum Gasteiger partial charge on any atom is -0.497 e. The molecule has 1 aliphatic rings. The number of carbonyl (C=O) groups excluding carboxylic acids is 1. The molecule has 2 aromatic carbocycles. The Morgan fingerprint density at radius 2 is 1.62 bits per heavy atom. The molecule has 4 heteroatoms. The van der Waals surface area contributed by atoms with Gasteiger partial charge in [0, 0.05) is 0 Å². The summed E-state index contributed by atoms with van der Waals surface area (Å²) in [4.78, 5) is 12.5. The Morgan fingerprint density at radius 1 is 0.962 bits per heavy atom. The summed E-state index contributed by atoms with van der Waals surface area (Å²) in [6.07, 6.45) is 4.19. The van der Waals surface area contributed by atoms with E-state index in [2.05, 4.69) is 17.4 Å². The molecule has 0 saturated carbocycles. The van der Waals surface area contributed by atoms with Crippen molar-refractivity contribution >= 4 is 5.91 Å². The summed E-state index contributed by atoms with van der Waals surface area (Å²) < 4.78 is 11.1. The highest BCUT2D eigenvalue weighted by Gasteiger charge is 2.19. The summed E-state index contributed by atoms with van der Waals surface area (Å²) in [5, 5.41) is 3.01. The van der Waals surface area contributed by atoms with E-state index in [0.717, 1.165) is 29.9 Å². The highest BCUT2D eigenvalue weighted by Crippen LogP contribution is 2.26. The minimum absolute atomic E-state index is 0.0945. The molecule has 26 heavy (non-hydrogen) atoms. The third-order valence-corrected chi connectivity index (χ3v) is 4.98. The first kappa shape index (κ1) is 18.3. The number of rotatable bonds is 6. The summed E-state index contributed by atoms with van der Waals surface area (Å²) in [5.74, 6) is 1.45. The zero-order valence-corrected chi connectivity index (χ0v) is 15.7. The smallest absolute Gasteiger partial charge is 0.261 e. The molecule has 138 valence electrons. The summed E-state index contributed by atoms with van der Waals surface area (Å²) in [6.45, 7) is 3.75. The van der Waals surface area contributed by atoms with Crippen LogP contribution in [0, 0.1) is 0 Å². The minimum atomic E-state index is -0.544. The van der Waals surface area contributed by atoms with Crippen molar-refractivity contribution in [3.8, 4) is 11.5 Å². The number of methoxy groups -OCH3 is 1. The lowest BCUT2D eigenvalue weighted by molar-refractivity contribution is -0.127. The van der Waals surface area contributed by atoms with Crippen molar-refractivity contribution in [2.24, 2.45) is 0 Å². The van der Waals surface area contributed by atoms with Crippen molar-refractivity contribution in [3.05, 3.63) is 59.2 Å². The number of nitrogens with one attached hydrogen (secondary N) is 1. The average molecular weight is 353 g/mol. The largest absolute Gasteiger partial charge is 0.497 e. The van der Waals surface area contributed by atoms with Crippen LogP contribution in [0.25, 0.3) is 0 Å². The van der Waals surface area contributed by atoms with E-state index in [1.165, 1.54) is 24.0 Å². The van der Waals surface area contributed by atoms with Gasteiger partial charge in [-0.2, -0.15) is 0 Å². The predicted molar refractivity (Wildman–Crippen MR) is 103 cm³/mol. The van der Waals surface area contributed by atoms with E-state index in [-0.39, 0.29) is 11.9 Å². The molecule has 0 unspecified atom stereocenters. The fourth-order valence-electron chi connectivity index (χ4n) is 3.35. The molecule has 4 nitrogen and oxygen atoms in total. The van der Waals surface area contributed by atoms with E-state index in [1.54, 1.807) is 14.0 Å². The molecule has 2 atom stereocenters. The van der Waals surface area contributed by atoms with Gasteiger partial charge < -0.3 is 14.8 Å². The lowest BCUT2D eigenvalue weighted by atomic mass is 9.92. The summed E-state index contributed by atoms with van der Waals surface area (Å²) in [5.41, 5.74) is 3.79. The Labute approximate surface area is 155 Å². The fourth-order valence-corrected chi connectivity index (χ4v) is 3.35. The zero-order valence-electron chi connectivity index (χ0n) is 15.7. The molecule has 0 fully saturated rings. The standard InChI is InChI=1S/C22H27NO3/c1-15(17-8-11-20(25-3)12-9-17)23-22(24)16(2)26-21-13-10-18-6-4-5-7-19(18)14-21/h8-16H,4-7H2,1-3H3,(H,23,24)/t15-,16-/m0/s1. The van der Waals surface area contributed by atoms with Gasteiger partial charge in [-0.1, -0.05) is 18.2 Å². The van der Waals surface area contributed by atoms with Crippen LogP contribution in [0.1, 0.15) is 49.4 Å². The molecule has 0 radical (unpaired) electrons. The lowest BCUT2D eigenvalue weighted by Gasteiger charge is -2.21. The number of fused-ring (bicyclic) bond motifs is 1. The van der Waals surface area contributed by atoms with Gasteiger partial charge in [-0.05, 0) is 80.5 Å². The monoisotopic (exact) mass is 353 g/mol. The first-order valence-electron chi connectivity index (χ1n) is 9.29. The normalized spacial score (nSPS) is 15.5. The number of hydrogen-bond acceptors (Lipinski definition) is 3. The summed E-state index contributed by atoms with van der Waals surface area (Å²) >= 11 is 0. The van der Waals surface area contributed by atoms with Gasteiger partial charge in [-0.25, -0.2) is 0 Å². The maximum Gasteiger partial charge on any atom is 0.261 e. The Hall–Kier alpha value is -2.49. The van der Waals surface area contributed by atoms with Crippen LogP contribution in [0.5, 0.6) is 11.5 Å². The van der Waals surface area contributed by atoms with Crippen LogP contribution >= 0.6 is 0 Å². The van der Waals surface area contributed by atoms with Gasteiger partial charge >= 0.3 is 0 Å². The second-order valence-corrected chi connectivity index (χ2v) is 6.90. The number of benzene rings is 2. The molecule has 1 aliphatic carbocycles. The van der Waals surface area contributed by atoms with E-state index in [0.29, 0.717) is 0 Å². The maximum atomic E-state index is 12.5. The van der Waals surface area contributed by atoms with Gasteiger partial charge in [0.1, 0.15) is 11.5 Å². The quantitative estimate of drug-likeness (QED) is 0.846. The van der Waals surface area contributed by atoms with Crippen LogP contribution in [-0.2, 0) is 17.6 Å². The highest BCUT2D eigenvalue weighted by atomic mass is 16.5. The van der Waals surface area contributed by atoms with Crippen molar-refractivity contribution in [2.75, 3.05) is 7.11 Å². The van der Waals surface area contributed by atoms with Gasteiger partial charge in [0.2, 0.25) is 0 Å². The molecule has 0 spiro atoms. The van der Waals surface area contributed by atoms with Gasteiger partial charge in [0.15, 0.2) is 6.10 Å². The predicted octanol–water partition coefficient (Wildman–Crippen LogP) is 4.22. The molecule has 1 amide bonds. The SMILES string of the molecule is COc1ccc([C@H](C)NC(=O)[C@H](C)Oc2ccc3c(c2)CCCC3)cc1. The van der Waals surface area contributed by atoms with E-state index in [4.69, 9.17) is 9.47 Å². The van der Waals surface area contributed by atoms with Crippen molar-refractivity contribution in [2.45, 2.75) is 51.7 Å². The number of aryl methyl sites for hydroxylation is 2. The molecule has 0 aromatic heterocycles. The number of carbonyl (C=O) groups is 1. The Bertz CT molecular complexity index is 754. The first-order valence-corrected chi connectivity index (χ1v) is 9.29. The second kappa shape index (κ2) is 8.26. The van der Waals surface area contributed by atoms with Crippen molar-refractivity contribution in [1.29, 1.82) is 0 Å².